The van der Waals surface area contributed by atoms with Crippen LogP contribution in [0.1, 0.15) is 29.2 Å². The van der Waals surface area contributed by atoms with Gasteiger partial charge in [0.15, 0.2) is 0 Å². The van der Waals surface area contributed by atoms with Gasteiger partial charge < -0.3 is 14.2 Å². The number of likely N-dealkylation sites (tertiary alicyclic amines) is 1. The molecule has 1 N–H and O–H groups in total. The highest BCUT2D eigenvalue weighted by Crippen LogP contribution is 2.38. The number of benzene rings is 2. The first-order valence-corrected chi connectivity index (χ1v) is 13.6. The second-order valence-electron chi connectivity index (χ2n) is 11.1. The Morgan fingerprint density at radius 2 is 1.65 bits per heavy atom. The Kier molecular flexibility index (Phi) is 6.75. The highest BCUT2D eigenvalue weighted by atomic mass is 16.5. The highest BCUT2D eigenvalue weighted by molar-refractivity contribution is 6.19. The number of pyridine rings is 1. The monoisotopic (exact) mass is 540 g/mol. The molecule has 3 aliphatic heterocycles. The van der Waals surface area contributed by atoms with E-state index in [9.17, 15) is 19.2 Å². The van der Waals surface area contributed by atoms with Gasteiger partial charge in [-0.15, -0.1) is 0 Å². The highest BCUT2D eigenvalue weighted by Gasteiger charge is 2.55. The van der Waals surface area contributed by atoms with Gasteiger partial charge in [-0.1, -0.05) is 48.5 Å². The number of piperidine rings is 1. The number of nitrogens with zero attached hydrogens (tertiary/aromatic N) is 3. The van der Waals surface area contributed by atoms with Crippen LogP contribution in [0.4, 0.5) is 4.79 Å². The number of imide groups is 2. The van der Waals surface area contributed by atoms with Gasteiger partial charge in [0.05, 0.1) is 13.7 Å². The van der Waals surface area contributed by atoms with E-state index in [4.69, 9.17) is 4.74 Å². The lowest BCUT2D eigenvalue weighted by molar-refractivity contribution is -0.154. The number of amides is 4. The largest absolute Gasteiger partial charge is 0.497 e. The molecule has 2 fully saturated rings. The zero-order valence-electron chi connectivity index (χ0n) is 22.4. The Bertz CT molecular complexity index is 1500. The lowest BCUT2D eigenvalue weighted by Crippen LogP contribution is -2.67. The van der Waals surface area contributed by atoms with Crippen LogP contribution in [0.2, 0.25) is 0 Å². The first-order chi connectivity index (χ1) is 19.4. The predicted octanol–water partition coefficient (Wildman–Crippen LogP) is 2.78. The van der Waals surface area contributed by atoms with Crippen molar-refractivity contribution in [2.24, 2.45) is 11.3 Å². The summed E-state index contributed by atoms with van der Waals surface area (Å²) in [5.41, 5.74) is 1.10. The molecule has 0 spiro atoms. The van der Waals surface area contributed by atoms with Gasteiger partial charge in [-0.3, -0.25) is 24.6 Å². The van der Waals surface area contributed by atoms with Crippen molar-refractivity contribution in [1.82, 2.24) is 19.7 Å². The third-order valence-corrected chi connectivity index (χ3v) is 8.45. The molecule has 9 nitrogen and oxygen atoms in total. The smallest absolute Gasteiger partial charge is 0.331 e. The van der Waals surface area contributed by atoms with Crippen molar-refractivity contribution >= 4 is 17.8 Å². The first-order valence-electron chi connectivity index (χ1n) is 13.6. The normalized spacial score (nSPS) is 24.4. The Morgan fingerprint density at radius 1 is 0.875 bits per heavy atom. The molecular weight excluding hydrogens is 508 g/mol. The zero-order valence-corrected chi connectivity index (χ0v) is 22.4. The molecule has 9 heteroatoms. The lowest BCUT2D eigenvalue weighted by atomic mass is 9.75. The van der Waals surface area contributed by atoms with E-state index in [2.05, 4.69) is 10.2 Å². The number of methoxy groups -OCH3 is 1. The number of hydrogen-bond donors (Lipinski definition) is 1. The Labute approximate surface area is 232 Å². The summed E-state index contributed by atoms with van der Waals surface area (Å²) in [7, 11) is 1.58. The minimum Gasteiger partial charge on any atom is -0.497 e. The van der Waals surface area contributed by atoms with Gasteiger partial charge in [0.1, 0.15) is 11.2 Å². The van der Waals surface area contributed by atoms with Gasteiger partial charge in [-0.25, -0.2) is 4.79 Å². The van der Waals surface area contributed by atoms with Crippen LogP contribution in [-0.2, 0) is 29.1 Å². The Morgan fingerprint density at radius 3 is 2.40 bits per heavy atom. The van der Waals surface area contributed by atoms with E-state index >= 15 is 0 Å². The average molecular weight is 541 g/mol. The Hall–Kier alpha value is -4.24. The van der Waals surface area contributed by atoms with Crippen LogP contribution < -0.4 is 15.6 Å². The maximum absolute atomic E-state index is 14.3. The average Bonchev–Trinajstić information content (AvgIpc) is 2.96. The molecule has 3 aromatic rings. The number of fused-ring (bicyclic) bond motifs is 4. The number of carbonyl (C=O) groups excluding carboxylic acids is 3. The van der Waals surface area contributed by atoms with Crippen LogP contribution in [0.15, 0.2) is 77.6 Å². The molecule has 1 aromatic heterocycles. The van der Waals surface area contributed by atoms with Gasteiger partial charge in [0.25, 0.3) is 5.56 Å². The number of hydrogen-bond acceptors (Lipinski definition) is 6. The fourth-order valence-corrected chi connectivity index (χ4v) is 6.59. The van der Waals surface area contributed by atoms with Crippen molar-refractivity contribution in [2.45, 2.75) is 31.8 Å². The summed E-state index contributed by atoms with van der Waals surface area (Å²) >= 11 is 0. The molecule has 0 saturated carbocycles. The van der Waals surface area contributed by atoms with Crippen LogP contribution >= 0.6 is 0 Å². The summed E-state index contributed by atoms with van der Waals surface area (Å²) < 4.78 is 7.16. The number of nitrogens with one attached hydrogen (secondary N) is 1. The fraction of sp³-hybridized carbons (Fsp3) is 0.355. The summed E-state index contributed by atoms with van der Waals surface area (Å²) in [5.74, 6) is -0.0319. The molecule has 2 unspecified atom stereocenters. The quantitative estimate of drug-likeness (QED) is 0.463. The summed E-state index contributed by atoms with van der Waals surface area (Å²) in [6, 6.07) is 21.3. The van der Waals surface area contributed by atoms with Crippen molar-refractivity contribution in [1.29, 1.82) is 0 Å². The SMILES string of the molecule is COc1ccc(CC2(CN3CC4C[C@@H](C3)c3cccc(=O)n3C4)C(=O)NC(=O)N(Cc3ccccc3)C2=O)cc1. The topological polar surface area (TPSA) is 101 Å². The number of urea groups is 1. The molecule has 0 aliphatic carbocycles. The summed E-state index contributed by atoms with van der Waals surface area (Å²) in [6.07, 6.45) is 1.10. The minimum absolute atomic E-state index is 0.00790. The number of ether oxygens (including phenoxy) is 1. The van der Waals surface area contributed by atoms with Crippen molar-refractivity contribution in [3.8, 4) is 5.75 Å². The van der Waals surface area contributed by atoms with Crippen molar-refractivity contribution in [3.63, 3.8) is 0 Å². The maximum atomic E-state index is 14.3. The Balaban J connectivity index is 1.34. The summed E-state index contributed by atoms with van der Waals surface area (Å²) in [6.45, 7) is 2.15. The summed E-state index contributed by atoms with van der Waals surface area (Å²) in [5, 5.41) is 2.51. The molecule has 206 valence electrons. The number of aromatic nitrogens is 1. The molecule has 40 heavy (non-hydrogen) atoms. The van der Waals surface area contributed by atoms with Crippen LogP contribution in [0, 0.1) is 11.3 Å². The standard InChI is InChI=1S/C31H32N4O5/c1-40-25-12-10-21(11-13-25)15-31(28(37)32-30(39)35(29(31)38)17-22-6-3-2-4-7-22)20-33-16-23-14-24(19-33)26-8-5-9-27(36)34(26)18-23/h2-13,23-24H,14-20H2,1H3,(H,32,37,39)/t23?,24-,31?/m0/s1. The predicted molar refractivity (Wildman–Crippen MR) is 148 cm³/mol. The number of carbonyl (C=O) groups is 3. The van der Waals surface area contributed by atoms with E-state index in [1.807, 2.05) is 53.1 Å². The van der Waals surface area contributed by atoms with E-state index in [1.54, 1.807) is 31.4 Å². The number of rotatable bonds is 7. The third-order valence-electron chi connectivity index (χ3n) is 8.45. The zero-order chi connectivity index (χ0) is 27.9. The van der Waals surface area contributed by atoms with E-state index in [0.29, 0.717) is 25.4 Å². The molecule has 4 heterocycles. The number of barbiturate groups is 1. The second kappa shape index (κ2) is 10.4. The van der Waals surface area contributed by atoms with Gasteiger partial charge in [-0.2, -0.15) is 0 Å². The molecular formula is C31H32N4O5. The first kappa shape index (κ1) is 26.0. The second-order valence-corrected chi connectivity index (χ2v) is 11.1. The van der Waals surface area contributed by atoms with Crippen LogP contribution in [0.25, 0.3) is 0 Å². The molecule has 4 amide bonds. The van der Waals surface area contributed by atoms with Gasteiger partial charge in [0, 0.05) is 43.9 Å². The van der Waals surface area contributed by atoms with Gasteiger partial charge in [-0.05, 0) is 48.1 Å². The van der Waals surface area contributed by atoms with E-state index in [1.165, 1.54) is 4.90 Å². The molecule has 0 radical (unpaired) electrons. The van der Waals surface area contributed by atoms with Crippen LogP contribution in [-0.4, -0.2) is 59.0 Å². The lowest BCUT2D eigenvalue weighted by Gasteiger charge is -2.47. The van der Waals surface area contributed by atoms with Crippen molar-refractivity contribution < 1.29 is 19.1 Å². The molecule has 6 rings (SSSR count). The summed E-state index contributed by atoms with van der Waals surface area (Å²) in [4.78, 5) is 56.9. The fourth-order valence-electron chi connectivity index (χ4n) is 6.59. The third kappa shape index (κ3) is 4.70. The van der Waals surface area contributed by atoms with Crippen LogP contribution in [0.5, 0.6) is 5.75 Å². The minimum atomic E-state index is -1.50. The van der Waals surface area contributed by atoms with Crippen molar-refractivity contribution in [2.75, 3.05) is 26.7 Å². The van der Waals surface area contributed by atoms with Gasteiger partial charge >= 0.3 is 6.03 Å². The molecule has 2 aromatic carbocycles. The van der Waals surface area contributed by atoms with Crippen LogP contribution in [0.3, 0.4) is 0 Å². The molecule has 3 aliphatic rings. The molecule has 2 saturated heterocycles. The molecule has 3 atom stereocenters. The van der Waals surface area contributed by atoms with E-state index < -0.39 is 23.3 Å². The van der Waals surface area contributed by atoms with E-state index in [-0.39, 0.29) is 36.9 Å². The maximum Gasteiger partial charge on any atom is 0.331 e. The van der Waals surface area contributed by atoms with E-state index in [0.717, 1.165) is 23.2 Å². The molecule has 2 bridgehead atoms. The van der Waals surface area contributed by atoms with Gasteiger partial charge in [0.2, 0.25) is 11.8 Å². The van der Waals surface area contributed by atoms with Crippen molar-refractivity contribution in [3.05, 3.63) is 100.0 Å².